The van der Waals surface area contributed by atoms with Crippen LogP contribution in [0, 0.1) is 0 Å². The molecule has 3 aromatic rings. The average Bonchev–Trinajstić information content (AvgIpc) is 3.10. The summed E-state index contributed by atoms with van der Waals surface area (Å²) in [5.41, 5.74) is 1.83. The fraction of sp³-hybridized carbons (Fsp3) is 0.105. The Morgan fingerprint density at radius 3 is 2.37 bits per heavy atom. The van der Waals surface area contributed by atoms with Crippen LogP contribution in [-0.4, -0.2) is 21.6 Å². The first kappa shape index (κ1) is 18.9. The van der Waals surface area contributed by atoms with Crippen LogP contribution in [0.1, 0.15) is 27.8 Å². The van der Waals surface area contributed by atoms with Crippen LogP contribution in [0.5, 0.6) is 0 Å². The minimum atomic E-state index is -0.371. The number of aryl methyl sites for hydroxylation is 1. The second-order valence-corrected chi connectivity index (χ2v) is 6.49. The molecule has 2 amide bonds. The van der Waals surface area contributed by atoms with Gasteiger partial charge in [0.25, 0.3) is 11.8 Å². The molecule has 8 heteroatoms. The van der Waals surface area contributed by atoms with Crippen LogP contribution in [-0.2, 0) is 6.54 Å². The largest absolute Gasteiger partial charge is 0.322 e. The molecule has 0 radical (unpaired) electrons. The monoisotopic (exact) mass is 402 g/mol. The van der Waals surface area contributed by atoms with E-state index in [4.69, 9.17) is 23.2 Å². The van der Waals surface area contributed by atoms with Crippen molar-refractivity contribution in [2.45, 2.75) is 13.5 Å². The molecule has 0 fully saturated rings. The molecule has 0 unspecified atom stereocenters. The molecule has 2 N–H and O–H groups in total. The van der Waals surface area contributed by atoms with Crippen LogP contribution >= 0.6 is 23.2 Å². The van der Waals surface area contributed by atoms with E-state index in [1.807, 2.05) is 6.92 Å². The number of rotatable bonds is 5. The Labute approximate surface area is 166 Å². The van der Waals surface area contributed by atoms with E-state index in [1.165, 1.54) is 6.07 Å². The van der Waals surface area contributed by atoms with Gasteiger partial charge in [-0.2, -0.15) is 5.10 Å². The normalized spacial score (nSPS) is 10.5. The lowest BCUT2D eigenvalue weighted by atomic mass is 10.2. The molecule has 138 valence electrons. The summed E-state index contributed by atoms with van der Waals surface area (Å²) >= 11 is 11.9. The molecule has 3 rings (SSSR count). The van der Waals surface area contributed by atoms with E-state index in [9.17, 15) is 9.59 Å². The predicted molar refractivity (Wildman–Crippen MR) is 107 cm³/mol. The fourth-order valence-electron chi connectivity index (χ4n) is 2.52. The number of benzene rings is 2. The van der Waals surface area contributed by atoms with Gasteiger partial charge in [0.2, 0.25) is 0 Å². The summed E-state index contributed by atoms with van der Waals surface area (Å²) in [5, 5.41) is 10.3. The Hall–Kier alpha value is -2.83. The van der Waals surface area contributed by atoms with Gasteiger partial charge in [0.15, 0.2) is 0 Å². The summed E-state index contributed by atoms with van der Waals surface area (Å²) in [6, 6.07) is 13.1. The van der Waals surface area contributed by atoms with Gasteiger partial charge in [-0.25, -0.2) is 0 Å². The summed E-state index contributed by atoms with van der Waals surface area (Å²) in [7, 11) is 0. The number of carbonyl (C=O) groups excluding carboxylic acids is 2. The van der Waals surface area contributed by atoms with Crippen molar-refractivity contribution in [3.05, 3.63) is 76.0 Å². The molecular weight excluding hydrogens is 387 g/mol. The number of nitrogens with one attached hydrogen (secondary N) is 2. The third-order valence-corrected chi connectivity index (χ3v) is 4.35. The molecule has 0 atom stereocenters. The van der Waals surface area contributed by atoms with Gasteiger partial charge in [-0.15, -0.1) is 0 Å². The number of aromatic nitrogens is 2. The van der Waals surface area contributed by atoms with E-state index in [1.54, 1.807) is 53.3 Å². The highest BCUT2D eigenvalue weighted by atomic mass is 35.5. The lowest BCUT2D eigenvalue weighted by Gasteiger charge is -2.10. The molecule has 1 heterocycles. The van der Waals surface area contributed by atoms with Gasteiger partial charge in [-0.3, -0.25) is 14.3 Å². The van der Waals surface area contributed by atoms with E-state index in [2.05, 4.69) is 15.7 Å². The molecule has 0 aliphatic carbocycles. The van der Waals surface area contributed by atoms with Crippen molar-refractivity contribution in [1.82, 2.24) is 9.78 Å². The van der Waals surface area contributed by atoms with E-state index in [0.717, 1.165) is 0 Å². The Kier molecular flexibility index (Phi) is 5.78. The number of halogens is 2. The number of hydrogen-bond donors (Lipinski definition) is 2. The Morgan fingerprint density at radius 2 is 1.70 bits per heavy atom. The molecule has 1 aromatic heterocycles. The van der Waals surface area contributed by atoms with E-state index >= 15 is 0 Å². The van der Waals surface area contributed by atoms with Crippen molar-refractivity contribution in [1.29, 1.82) is 0 Å². The van der Waals surface area contributed by atoms with E-state index in [-0.39, 0.29) is 16.8 Å². The second-order valence-electron chi connectivity index (χ2n) is 5.65. The first-order chi connectivity index (χ1) is 13.0. The Bertz CT molecular complexity index is 1000. The summed E-state index contributed by atoms with van der Waals surface area (Å²) in [6.07, 6.45) is 1.57. The molecule has 0 saturated carbocycles. The number of nitrogens with zero attached hydrogens (tertiary/aromatic N) is 2. The van der Waals surface area contributed by atoms with Gasteiger partial charge in [-0.05, 0) is 49.4 Å². The highest BCUT2D eigenvalue weighted by molar-refractivity contribution is 6.37. The zero-order valence-electron chi connectivity index (χ0n) is 14.4. The van der Waals surface area contributed by atoms with Gasteiger partial charge in [0.1, 0.15) is 5.69 Å². The number of amides is 2. The predicted octanol–water partition coefficient (Wildman–Crippen LogP) is 4.71. The molecule has 0 saturated heterocycles. The highest BCUT2D eigenvalue weighted by Crippen LogP contribution is 2.23. The smallest absolute Gasteiger partial charge is 0.273 e. The van der Waals surface area contributed by atoms with Crippen molar-refractivity contribution in [3.8, 4) is 0 Å². The minimum absolute atomic E-state index is 0.261. The van der Waals surface area contributed by atoms with E-state index < -0.39 is 0 Å². The quantitative estimate of drug-likeness (QED) is 0.648. The average molecular weight is 403 g/mol. The molecule has 0 aliphatic rings. The minimum Gasteiger partial charge on any atom is -0.322 e. The van der Waals surface area contributed by atoms with Gasteiger partial charge in [0.05, 0.1) is 10.6 Å². The maximum absolute atomic E-state index is 12.4. The maximum Gasteiger partial charge on any atom is 0.273 e. The number of carbonyl (C=O) groups is 2. The molecule has 0 spiro atoms. The van der Waals surface area contributed by atoms with Crippen molar-refractivity contribution in [3.63, 3.8) is 0 Å². The standard InChI is InChI=1S/C19H16Cl2N4O2/c1-2-25-17(8-9-22-25)19(27)24-14-5-3-4-13(11-14)23-18(26)15-7-6-12(20)10-16(15)21/h3-11H,2H2,1H3,(H,23,26)(H,24,27). The van der Waals surface area contributed by atoms with Crippen LogP contribution in [0.2, 0.25) is 10.0 Å². The van der Waals surface area contributed by atoms with Crippen LogP contribution < -0.4 is 10.6 Å². The topological polar surface area (TPSA) is 76.0 Å². The molecule has 2 aromatic carbocycles. The van der Waals surface area contributed by atoms with Gasteiger partial charge in [0, 0.05) is 29.1 Å². The highest BCUT2D eigenvalue weighted by Gasteiger charge is 2.13. The Balaban J connectivity index is 1.73. The van der Waals surface area contributed by atoms with Crippen LogP contribution in [0.3, 0.4) is 0 Å². The zero-order valence-corrected chi connectivity index (χ0v) is 15.9. The van der Waals surface area contributed by atoms with Crippen molar-refractivity contribution < 1.29 is 9.59 Å². The SMILES string of the molecule is CCn1nccc1C(=O)Nc1cccc(NC(=O)c2ccc(Cl)cc2Cl)c1. The first-order valence-corrected chi connectivity index (χ1v) is 8.93. The van der Waals surface area contributed by atoms with Gasteiger partial charge in [-0.1, -0.05) is 29.3 Å². The lowest BCUT2D eigenvalue weighted by molar-refractivity contribution is 0.101. The third-order valence-electron chi connectivity index (χ3n) is 3.80. The first-order valence-electron chi connectivity index (χ1n) is 8.17. The van der Waals surface area contributed by atoms with Crippen molar-refractivity contribution >= 4 is 46.4 Å². The van der Waals surface area contributed by atoms with Crippen LogP contribution in [0.15, 0.2) is 54.7 Å². The summed E-state index contributed by atoms with van der Waals surface area (Å²) < 4.78 is 1.60. The van der Waals surface area contributed by atoms with Crippen LogP contribution in [0.25, 0.3) is 0 Å². The second kappa shape index (κ2) is 8.24. The van der Waals surface area contributed by atoms with E-state index in [0.29, 0.717) is 34.2 Å². The molecule has 27 heavy (non-hydrogen) atoms. The molecule has 0 bridgehead atoms. The van der Waals surface area contributed by atoms with Crippen molar-refractivity contribution in [2.24, 2.45) is 0 Å². The summed E-state index contributed by atoms with van der Waals surface area (Å²) in [6.45, 7) is 2.50. The molecule has 0 aliphatic heterocycles. The van der Waals surface area contributed by atoms with Gasteiger partial charge >= 0.3 is 0 Å². The van der Waals surface area contributed by atoms with Crippen molar-refractivity contribution in [2.75, 3.05) is 10.6 Å². The third kappa shape index (κ3) is 4.48. The fourth-order valence-corrected chi connectivity index (χ4v) is 3.01. The number of anilines is 2. The summed E-state index contributed by atoms with van der Waals surface area (Å²) in [5.74, 6) is -0.650. The lowest BCUT2D eigenvalue weighted by Crippen LogP contribution is -2.17. The number of hydrogen-bond acceptors (Lipinski definition) is 3. The zero-order chi connectivity index (χ0) is 19.4. The summed E-state index contributed by atoms with van der Waals surface area (Å²) in [4.78, 5) is 24.8. The van der Waals surface area contributed by atoms with Crippen LogP contribution in [0.4, 0.5) is 11.4 Å². The molecular formula is C19H16Cl2N4O2. The maximum atomic E-state index is 12.4. The molecule has 6 nitrogen and oxygen atoms in total. The Morgan fingerprint density at radius 1 is 1.00 bits per heavy atom. The van der Waals surface area contributed by atoms with Gasteiger partial charge < -0.3 is 10.6 Å².